The Morgan fingerprint density at radius 2 is 1.82 bits per heavy atom. The molecule has 0 aliphatic heterocycles. The maximum atomic E-state index is 13.4. The van der Waals surface area contributed by atoms with Gasteiger partial charge in [0, 0.05) is 18.2 Å². The first-order valence-corrected chi connectivity index (χ1v) is 6.70. The molecule has 0 radical (unpaired) electrons. The van der Waals surface area contributed by atoms with E-state index in [0.29, 0.717) is 5.56 Å². The fourth-order valence-electron chi connectivity index (χ4n) is 1.86. The van der Waals surface area contributed by atoms with Crippen molar-refractivity contribution in [2.45, 2.75) is 6.10 Å². The number of hydrogen-bond donors (Lipinski definition) is 2. The molecule has 22 heavy (non-hydrogen) atoms. The zero-order valence-corrected chi connectivity index (χ0v) is 11.7. The predicted octanol–water partition coefficient (Wildman–Crippen LogP) is 2.83. The molecular formula is C17H15F2NO2. The number of carbonyl (C=O) groups is 1. The molecule has 0 aliphatic carbocycles. The van der Waals surface area contributed by atoms with Crippen LogP contribution in [0.25, 0.3) is 6.08 Å². The highest BCUT2D eigenvalue weighted by atomic mass is 19.1. The quantitative estimate of drug-likeness (QED) is 0.835. The molecule has 2 aromatic rings. The van der Waals surface area contributed by atoms with Crippen LogP contribution < -0.4 is 5.32 Å². The summed E-state index contributed by atoms with van der Waals surface area (Å²) in [6.07, 6.45) is 1.66. The van der Waals surface area contributed by atoms with E-state index in [1.807, 2.05) is 0 Å². The van der Waals surface area contributed by atoms with Gasteiger partial charge in [0.25, 0.3) is 0 Å². The number of aliphatic hydroxyl groups is 1. The number of aliphatic hydroxyl groups excluding tert-OH is 1. The Morgan fingerprint density at radius 1 is 1.14 bits per heavy atom. The minimum Gasteiger partial charge on any atom is -0.386 e. The molecular weight excluding hydrogens is 288 g/mol. The van der Waals surface area contributed by atoms with Gasteiger partial charge < -0.3 is 10.4 Å². The average molecular weight is 303 g/mol. The van der Waals surface area contributed by atoms with Crippen LogP contribution in [0.15, 0.2) is 54.6 Å². The first-order chi connectivity index (χ1) is 10.6. The molecule has 1 atom stereocenters. The number of carbonyl (C=O) groups excluding carboxylic acids is 1. The zero-order valence-electron chi connectivity index (χ0n) is 11.7. The van der Waals surface area contributed by atoms with Crippen molar-refractivity contribution >= 4 is 12.0 Å². The fraction of sp³-hybridized carbons (Fsp3) is 0.118. The van der Waals surface area contributed by atoms with Crippen LogP contribution in [0.1, 0.15) is 17.2 Å². The van der Waals surface area contributed by atoms with Gasteiger partial charge in [-0.15, -0.1) is 0 Å². The molecule has 0 saturated heterocycles. The van der Waals surface area contributed by atoms with E-state index >= 15 is 0 Å². The van der Waals surface area contributed by atoms with Crippen LogP contribution >= 0.6 is 0 Å². The van der Waals surface area contributed by atoms with Gasteiger partial charge in [-0.1, -0.05) is 30.3 Å². The van der Waals surface area contributed by atoms with Gasteiger partial charge in [0.2, 0.25) is 5.91 Å². The largest absolute Gasteiger partial charge is 0.386 e. The molecule has 0 bridgehead atoms. The van der Waals surface area contributed by atoms with E-state index in [9.17, 15) is 18.7 Å². The summed E-state index contributed by atoms with van der Waals surface area (Å²) in [6, 6.07) is 11.5. The first kappa shape index (κ1) is 15.9. The summed E-state index contributed by atoms with van der Waals surface area (Å²) in [5.74, 6) is -1.31. The summed E-state index contributed by atoms with van der Waals surface area (Å²) >= 11 is 0. The van der Waals surface area contributed by atoms with Crippen molar-refractivity contribution in [1.82, 2.24) is 5.32 Å². The molecule has 114 valence electrons. The summed E-state index contributed by atoms with van der Waals surface area (Å²) in [6.45, 7) is -0.104. The molecule has 0 spiro atoms. The fourth-order valence-corrected chi connectivity index (χ4v) is 1.86. The lowest BCUT2D eigenvalue weighted by atomic mass is 10.1. The SMILES string of the molecule is O=C(/C=C/c1ccc(F)cc1)NCC(O)c1ccccc1F. The van der Waals surface area contributed by atoms with Crippen LogP contribution in [0.5, 0.6) is 0 Å². The third kappa shape index (κ3) is 4.49. The average Bonchev–Trinajstić information content (AvgIpc) is 2.52. The van der Waals surface area contributed by atoms with Crippen LogP contribution in [0.2, 0.25) is 0 Å². The summed E-state index contributed by atoms with van der Waals surface area (Å²) in [7, 11) is 0. The molecule has 2 aromatic carbocycles. The second-order valence-electron chi connectivity index (χ2n) is 4.67. The predicted molar refractivity (Wildman–Crippen MR) is 79.8 cm³/mol. The normalized spacial score (nSPS) is 12.3. The van der Waals surface area contributed by atoms with Crippen LogP contribution in [-0.2, 0) is 4.79 Å². The van der Waals surface area contributed by atoms with E-state index in [4.69, 9.17) is 0 Å². The smallest absolute Gasteiger partial charge is 0.244 e. The monoisotopic (exact) mass is 303 g/mol. The molecule has 5 heteroatoms. The minimum absolute atomic E-state index is 0.104. The summed E-state index contributed by atoms with van der Waals surface area (Å²) in [5.41, 5.74) is 0.802. The molecule has 0 saturated carbocycles. The van der Waals surface area contributed by atoms with Crippen LogP contribution in [-0.4, -0.2) is 17.6 Å². The van der Waals surface area contributed by atoms with Crippen molar-refractivity contribution in [1.29, 1.82) is 0 Å². The van der Waals surface area contributed by atoms with Gasteiger partial charge >= 0.3 is 0 Å². The Bertz CT molecular complexity index is 669. The number of halogens is 2. The number of benzene rings is 2. The topological polar surface area (TPSA) is 49.3 Å². The molecule has 3 nitrogen and oxygen atoms in total. The number of nitrogens with one attached hydrogen (secondary N) is 1. The lowest BCUT2D eigenvalue weighted by Crippen LogP contribution is -2.27. The maximum Gasteiger partial charge on any atom is 0.244 e. The van der Waals surface area contributed by atoms with Gasteiger partial charge in [-0.2, -0.15) is 0 Å². The highest BCUT2D eigenvalue weighted by Crippen LogP contribution is 2.15. The Kier molecular flexibility index (Phi) is 5.38. The second kappa shape index (κ2) is 7.47. The standard InChI is InChI=1S/C17H15F2NO2/c18-13-8-5-12(6-9-13)7-10-17(22)20-11-16(21)14-3-1-2-4-15(14)19/h1-10,16,21H,11H2,(H,20,22)/b10-7+. The Labute approximate surface area is 126 Å². The van der Waals surface area contributed by atoms with Gasteiger partial charge in [0.1, 0.15) is 11.6 Å². The Balaban J connectivity index is 1.87. The number of rotatable bonds is 5. The van der Waals surface area contributed by atoms with E-state index in [0.717, 1.165) is 0 Å². The maximum absolute atomic E-state index is 13.4. The molecule has 0 fully saturated rings. The highest BCUT2D eigenvalue weighted by Gasteiger charge is 2.12. The summed E-state index contributed by atoms with van der Waals surface area (Å²) < 4.78 is 26.2. The van der Waals surface area contributed by atoms with Crippen molar-refractivity contribution in [2.75, 3.05) is 6.54 Å². The molecule has 1 unspecified atom stereocenters. The molecule has 2 rings (SSSR count). The van der Waals surface area contributed by atoms with Gasteiger partial charge in [-0.05, 0) is 29.8 Å². The number of amides is 1. The Morgan fingerprint density at radius 3 is 2.50 bits per heavy atom. The van der Waals surface area contributed by atoms with Crippen molar-refractivity contribution in [2.24, 2.45) is 0 Å². The third-order valence-corrected chi connectivity index (χ3v) is 3.03. The lowest BCUT2D eigenvalue weighted by Gasteiger charge is -2.12. The van der Waals surface area contributed by atoms with E-state index in [1.54, 1.807) is 6.07 Å². The van der Waals surface area contributed by atoms with E-state index < -0.39 is 17.8 Å². The van der Waals surface area contributed by atoms with Crippen LogP contribution in [0.3, 0.4) is 0 Å². The molecule has 0 aliphatic rings. The van der Waals surface area contributed by atoms with E-state index in [2.05, 4.69) is 5.32 Å². The second-order valence-corrected chi connectivity index (χ2v) is 4.67. The van der Waals surface area contributed by atoms with Crippen molar-refractivity contribution in [3.05, 3.63) is 77.4 Å². The van der Waals surface area contributed by atoms with Crippen molar-refractivity contribution in [3.8, 4) is 0 Å². The zero-order chi connectivity index (χ0) is 15.9. The first-order valence-electron chi connectivity index (χ1n) is 6.70. The van der Waals surface area contributed by atoms with Gasteiger partial charge in [0.05, 0.1) is 6.10 Å². The van der Waals surface area contributed by atoms with Gasteiger partial charge in [-0.25, -0.2) is 8.78 Å². The summed E-state index contributed by atoms with van der Waals surface area (Å²) in [4.78, 5) is 11.6. The van der Waals surface area contributed by atoms with Crippen molar-refractivity contribution < 1.29 is 18.7 Å². The van der Waals surface area contributed by atoms with Gasteiger partial charge in [-0.3, -0.25) is 4.79 Å². The van der Waals surface area contributed by atoms with Crippen molar-refractivity contribution in [3.63, 3.8) is 0 Å². The van der Waals surface area contributed by atoms with E-state index in [1.165, 1.54) is 54.6 Å². The Hall–Kier alpha value is -2.53. The van der Waals surface area contributed by atoms with Crippen LogP contribution in [0.4, 0.5) is 8.78 Å². The highest BCUT2D eigenvalue weighted by molar-refractivity contribution is 5.91. The minimum atomic E-state index is -1.12. The molecule has 0 aromatic heterocycles. The lowest BCUT2D eigenvalue weighted by molar-refractivity contribution is -0.116. The molecule has 1 amide bonds. The molecule has 0 heterocycles. The summed E-state index contributed by atoms with van der Waals surface area (Å²) in [5, 5.41) is 12.3. The third-order valence-electron chi connectivity index (χ3n) is 3.03. The van der Waals surface area contributed by atoms with Crippen LogP contribution in [0, 0.1) is 11.6 Å². The molecule has 2 N–H and O–H groups in total. The number of hydrogen-bond acceptors (Lipinski definition) is 2. The van der Waals surface area contributed by atoms with Gasteiger partial charge in [0.15, 0.2) is 0 Å². The van der Waals surface area contributed by atoms with E-state index in [-0.39, 0.29) is 17.9 Å².